The third kappa shape index (κ3) is 2.88. The second-order valence-corrected chi connectivity index (χ2v) is 10.4. The molecule has 0 heterocycles. The van der Waals surface area contributed by atoms with Gasteiger partial charge < -0.3 is 4.43 Å². The van der Waals surface area contributed by atoms with E-state index in [1.54, 1.807) is 0 Å². The van der Waals surface area contributed by atoms with Crippen molar-refractivity contribution in [3.8, 4) is 5.75 Å². The highest BCUT2D eigenvalue weighted by atomic mass is 28.4. The standard InChI is InChI=1S/C13H17F2NOSi/c1-13(2,3)18(5,6)17-12-8-9(14)11(16-4)7-10(12)15/h7-8H,1-3,5-6H3. The molecular weight excluding hydrogens is 252 g/mol. The topological polar surface area (TPSA) is 13.6 Å². The van der Waals surface area contributed by atoms with Crippen molar-refractivity contribution in [3.05, 3.63) is 35.2 Å². The highest BCUT2D eigenvalue weighted by Crippen LogP contribution is 2.38. The average molecular weight is 269 g/mol. The molecule has 98 valence electrons. The Hall–Kier alpha value is -1.41. The van der Waals surface area contributed by atoms with Gasteiger partial charge >= 0.3 is 0 Å². The second-order valence-electron chi connectivity index (χ2n) is 5.71. The summed E-state index contributed by atoms with van der Waals surface area (Å²) in [5.41, 5.74) is -0.324. The first-order valence-electron chi connectivity index (χ1n) is 5.64. The lowest BCUT2D eigenvalue weighted by atomic mass is 10.2. The van der Waals surface area contributed by atoms with Crippen molar-refractivity contribution in [1.29, 1.82) is 0 Å². The maximum Gasteiger partial charge on any atom is 0.250 e. The van der Waals surface area contributed by atoms with Crippen LogP contribution >= 0.6 is 0 Å². The van der Waals surface area contributed by atoms with E-state index in [1.165, 1.54) is 0 Å². The van der Waals surface area contributed by atoms with Gasteiger partial charge in [-0.1, -0.05) is 20.8 Å². The number of benzene rings is 1. The van der Waals surface area contributed by atoms with Gasteiger partial charge in [0, 0.05) is 6.07 Å². The molecule has 0 amide bonds. The molecule has 0 fully saturated rings. The van der Waals surface area contributed by atoms with Crippen LogP contribution in [0.2, 0.25) is 18.1 Å². The van der Waals surface area contributed by atoms with Gasteiger partial charge in [-0.2, -0.15) is 0 Å². The summed E-state index contributed by atoms with van der Waals surface area (Å²) in [5.74, 6) is -1.54. The van der Waals surface area contributed by atoms with Gasteiger partial charge in [-0.05, 0) is 24.2 Å². The molecule has 0 aliphatic carbocycles. The maximum absolute atomic E-state index is 13.7. The summed E-state index contributed by atoms with van der Waals surface area (Å²) in [6.07, 6.45) is 0. The molecule has 0 saturated carbocycles. The Labute approximate surface area is 108 Å². The van der Waals surface area contributed by atoms with Crippen LogP contribution in [0.4, 0.5) is 14.5 Å². The molecule has 0 aliphatic rings. The summed E-state index contributed by atoms with van der Waals surface area (Å²) < 4.78 is 32.9. The van der Waals surface area contributed by atoms with Crippen LogP contribution in [-0.4, -0.2) is 8.32 Å². The zero-order chi connectivity index (χ0) is 14.1. The van der Waals surface area contributed by atoms with E-state index in [9.17, 15) is 8.78 Å². The molecule has 1 aromatic carbocycles. The van der Waals surface area contributed by atoms with Crippen molar-refractivity contribution < 1.29 is 13.2 Å². The number of halogens is 2. The summed E-state index contributed by atoms with van der Waals surface area (Å²) in [6.45, 7) is 16.7. The third-order valence-corrected chi connectivity index (χ3v) is 7.64. The summed E-state index contributed by atoms with van der Waals surface area (Å²) in [7, 11) is -2.21. The van der Waals surface area contributed by atoms with Crippen molar-refractivity contribution >= 4 is 14.0 Å². The zero-order valence-corrected chi connectivity index (χ0v) is 12.3. The molecule has 0 aliphatic heterocycles. The second kappa shape index (κ2) is 4.69. The third-order valence-electron chi connectivity index (χ3n) is 3.29. The molecule has 0 bridgehead atoms. The van der Waals surface area contributed by atoms with E-state index in [0.717, 1.165) is 12.1 Å². The van der Waals surface area contributed by atoms with Gasteiger partial charge in [0.1, 0.15) is 11.6 Å². The first kappa shape index (κ1) is 14.6. The minimum Gasteiger partial charge on any atom is -0.542 e. The molecule has 1 rings (SSSR count). The lowest BCUT2D eigenvalue weighted by Gasteiger charge is -2.36. The average Bonchev–Trinajstić information content (AvgIpc) is 2.21. The van der Waals surface area contributed by atoms with Crippen LogP contribution < -0.4 is 4.43 Å². The Kier molecular flexibility index (Phi) is 3.82. The summed E-state index contributed by atoms with van der Waals surface area (Å²) in [4.78, 5) is 2.91. The number of rotatable bonds is 2. The lowest BCUT2D eigenvalue weighted by molar-refractivity contribution is 0.452. The van der Waals surface area contributed by atoms with Crippen LogP contribution in [0.15, 0.2) is 12.1 Å². The van der Waals surface area contributed by atoms with E-state index >= 15 is 0 Å². The van der Waals surface area contributed by atoms with E-state index in [1.807, 2.05) is 33.9 Å². The van der Waals surface area contributed by atoms with Crippen LogP contribution in [-0.2, 0) is 0 Å². The number of hydrogen-bond acceptors (Lipinski definition) is 1. The highest BCUT2D eigenvalue weighted by Gasteiger charge is 2.39. The van der Waals surface area contributed by atoms with Crippen LogP contribution in [0.1, 0.15) is 20.8 Å². The number of nitrogens with zero attached hydrogens (tertiary/aromatic N) is 1. The molecule has 0 radical (unpaired) electrons. The van der Waals surface area contributed by atoms with Gasteiger partial charge in [0.2, 0.25) is 5.69 Å². The van der Waals surface area contributed by atoms with Crippen LogP contribution in [0.5, 0.6) is 5.75 Å². The molecular formula is C13H17F2NOSi. The highest BCUT2D eigenvalue weighted by molar-refractivity contribution is 6.74. The fraction of sp³-hybridized carbons (Fsp3) is 0.462. The first-order chi connectivity index (χ1) is 8.08. The molecule has 18 heavy (non-hydrogen) atoms. The predicted octanol–water partition coefficient (Wildman–Crippen LogP) is 4.90. The SMILES string of the molecule is [C-]#[N+]c1cc(F)c(O[Si](C)(C)C(C)(C)C)cc1F. The van der Waals surface area contributed by atoms with Gasteiger partial charge in [0.05, 0.1) is 6.57 Å². The van der Waals surface area contributed by atoms with Crippen molar-refractivity contribution in [3.63, 3.8) is 0 Å². The van der Waals surface area contributed by atoms with Crippen LogP contribution in [0.3, 0.4) is 0 Å². The largest absolute Gasteiger partial charge is 0.542 e. The zero-order valence-electron chi connectivity index (χ0n) is 11.3. The molecule has 1 aromatic rings. The Morgan fingerprint density at radius 1 is 1.17 bits per heavy atom. The van der Waals surface area contributed by atoms with Gasteiger partial charge in [-0.15, -0.1) is 0 Å². The van der Waals surface area contributed by atoms with E-state index in [4.69, 9.17) is 11.0 Å². The Morgan fingerprint density at radius 2 is 1.72 bits per heavy atom. The lowest BCUT2D eigenvalue weighted by Crippen LogP contribution is -2.44. The first-order valence-corrected chi connectivity index (χ1v) is 8.55. The molecule has 0 saturated heterocycles. The molecule has 0 unspecified atom stereocenters. The summed E-state index contributed by atoms with van der Waals surface area (Å²) in [5, 5.41) is -0.103. The normalized spacial score (nSPS) is 12.1. The van der Waals surface area contributed by atoms with Crippen molar-refractivity contribution in [1.82, 2.24) is 0 Å². The Bertz CT molecular complexity index is 501. The molecule has 2 nitrogen and oxygen atoms in total. The van der Waals surface area contributed by atoms with Gasteiger partial charge in [0.25, 0.3) is 8.32 Å². The smallest absolute Gasteiger partial charge is 0.250 e. The van der Waals surface area contributed by atoms with E-state index in [0.29, 0.717) is 0 Å². The van der Waals surface area contributed by atoms with E-state index < -0.39 is 20.0 Å². The molecule has 0 N–H and O–H groups in total. The van der Waals surface area contributed by atoms with Crippen LogP contribution in [0, 0.1) is 18.2 Å². The van der Waals surface area contributed by atoms with E-state index in [-0.39, 0.29) is 16.5 Å². The fourth-order valence-electron chi connectivity index (χ4n) is 1.11. The Balaban J connectivity index is 3.15. The van der Waals surface area contributed by atoms with Crippen molar-refractivity contribution in [2.75, 3.05) is 0 Å². The van der Waals surface area contributed by atoms with Crippen molar-refractivity contribution in [2.45, 2.75) is 38.9 Å². The molecule has 0 aromatic heterocycles. The van der Waals surface area contributed by atoms with Gasteiger partial charge in [-0.3, -0.25) is 0 Å². The minimum absolute atomic E-state index is 0.103. The monoisotopic (exact) mass is 269 g/mol. The van der Waals surface area contributed by atoms with E-state index in [2.05, 4.69) is 4.85 Å². The van der Waals surface area contributed by atoms with Gasteiger partial charge in [-0.25, -0.2) is 13.6 Å². The molecule has 5 heteroatoms. The predicted molar refractivity (Wildman–Crippen MR) is 70.4 cm³/mol. The molecule has 0 spiro atoms. The quantitative estimate of drug-likeness (QED) is 0.550. The minimum atomic E-state index is -2.21. The maximum atomic E-state index is 13.7. The van der Waals surface area contributed by atoms with Gasteiger partial charge in [0.15, 0.2) is 5.82 Å². The molecule has 0 atom stereocenters. The van der Waals surface area contributed by atoms with Crippen molar-refractivity contribution in [2.24, 2.45) is 0 Å². The van der Waals surface area contributed by atoms with Crippen LogP contribution in [0.25, 0.3) is 4.85 Å². The Morgan fingerprint density at radius 3 is 2.17 bits per heavy atom. The summed E-state index contributed by atoms with van der Waals surface area (Å²) in [6, 6.07) is 1.84. The summed E-state index contributed by atoms with van der Waals surface area (Å²) >= 11 is 0. The number of hydrogen-bond donors (Lipinski definition) is 0. The fourth-order valence-corrected chi connectivity index (χ4v) is 2.12.